The van der Waals surface area contributed by atoms with E-state index in [0.717, 1.165) is 47.6 Å². The summed E-state index contributed by atoms with van der Waals surface area (Å²) in [6.45, 7) is 5.11. The second kappa shape index (κ2) is 9.22. The van der Waals surface area contributed by atoms with E-state index in [2.05, 4.69) is 23.3 Å². The van der Waals surface area contributed by atoms with E-state index in [-0.39, 0.29) is 17.1 Å². The lowest BCUT2D eigenvalue weighted by molar-refractivity contribution is 0.429. The van der Waals surface area contributed by atoms with Gasteiger partial charge in [0.2, 0.25) is 0 Å². The molecule has 0 spiro atoms. The van der Waals surface area contributed by atoms with Crippen LogP contribution in [-0.2, 0) is 0 Å². The molecule has 1 aromatic carbocycles. The minimum absolute atomic E-state index is 0.262. The minimum Gasteiger partial charge on any atom is -0.332 e. The number of rotatable bonds is 4. The monoisotopic (exact) mass is 485 g/mol. The highest BCUT2D eigenvalue weighted by Crippen LogP contribution is 2.45. The van der Waals surface area contributed by atoms with Crippen LogP contribution in [-0.4, -0.2) is 41.0 Å². The maximum Gasteiger partial charge on any atom is 0.124 e. The van der Waals surface area contributed by atoms with E-state index >= 15 is 0 Å². The molecule has 4 aliphatic heterocycles. The standard InChI is InChI=1S/C26H26ClF2N3S/c1-15-10-22-24(21-8-5-17(13-30-21)11-16(2)28)25(19-7-6-18(29)12-20(19)27)31-26(32(22)14-15)23-4-3-9-33-23/h3,5-9,11-12,15-16,23,25H,4,10,13-14H2,1-2H3/t15-,16?,23?,25-/m0/s1. The third kappa shape index (κ3) is 4.47. The Morgan fingerprint density at radius 2 is 2.15 bits per heavy atom. The van der Waals surface area contributed by atoms with Crippen molar-refractivity contribution in [1.82, 2.24) is 4.90 Å². The number of aliphatic imine (C=N–C) groups is 2. The Balaban J connectivity index is 1.63. The fourth-order valence-corrected chi connectivity index (χ4v) is 6.14. The van der Waals surface area contributed by atoms with Crippen molar-refractivity contribution in [2.75, 3.05) is 13.1 Å². The Labute approximate surface area is 202 Å². The van der Waals surface area contributed by atoms with Gasteiger partial charge in [0.25, 0.3) is 0 Å². The predicted molar refractivity (Wildman–Crippen MR) is 134 cm³/mol. The number of amidine groups is 1. The Kier molecular flexibility index (Phi) is 6.32. The van der Waals surface area contributed by atoms with Gasteiger partial charge in [-0.15, -0.1) is 11.8 Å². The van der Waals surface area contributed by atoms with Crippen molar-refractivity contribution in [2.45, 2.75) is 44.2 Å². The van der Waals surface area contributed by atoms with Crippen molar-refractivity contribution in [3.63, 3.8) is 0 Å². The summed E-state index contributed by atoms with van der Waals surface area (Å²) in [4.78, 5) is 12.4. The lowest BCUT2D eigenvalue weighted by Crippen LogP contribution is -2.39. The molecule has 7 heteroatoms. The number of hydrogen-bond donors (Lipinski definition) is 0. The Morgan fingerprint density at radius 1 is 1.30 bits per heavy atom. The van der Waals surface area contributed by atoms with Crippen molar-refractivity contribution in [1.29, 1.82) is 0 Å². The first-order valence-electron chi connectivity index (χ1n) is 11.3. The summed E-state index contributed by atoms with van der Waals surface area (Å²) in [5.74, 6) is 1.18. The van der Waals surface area contributed by atoms with Crippen LogP contribution in [0.3, 0.4) is 0 Å². The Morgan fingerprint density at radius 3 is 2.82 bits per heavy atom. The van der Waals surface area contributed by atoms with E-state index in [9.17, 15) is 8.78 Å². The lowest BCUT2D eigenvalue weighted by atomic mass is 9.89. The number of thioether (sulfide) groups is 1. The average Bonchev–Trinajstić information content (AvgIpc) is 3.42. The van der Waals surface area contributed by atoms with Gasteiger partial charge in [-0.3, -0.25) is 9.98 Å². The number of dihydropyridines is 1. The van der Waals surface area contributed by atoms with E-state index < -0.39 is 6.17 Å². The number of hydrogen-bond acceptors (Lipinski definition) is 4. The SMILES string of the molecule is CC(F)C=C1C=CC(C2=C3C[C@H](C)CN3C(C3CC=CS3)=N[C@H]2c2ccc(F)cc2Cl)=NC1. The molecule has 0 N–H and O–H groups in total. The normalized spacial score (nSPS) is 28.9. The highest BCUT2D eigenvalue weighted by Gasteiger charge is 2.41. The molecule has 33 heavy (non-hydrogen) atoms. The van der Waals surface area contributed by atoms with Gasteiger partial charge >= 0.3 is 0 Å². The molecule has 0 bridgehead atoms. The van der Waals surface area contributed by atoms with Crippen molar-refractivity contribution >= 4 is 34.9 Å². The van der Waals surface area contributed by atoms with Gasteiger partial charge < -0.3 is 4.90 Å². The number of nitrogens with zero attached hydrogens (tertiary/aromatic N) is 3. The van der Waals surface area contributed by atoms with Gasteiger partial charge in [0.15, 0.2) is 0 Å². The molecule has 3 nitrogen and oxygen atoms in total. The molecule has 172 valence electrons. The second-order valence-electron chi connectivity index (χ2n) is 9.02. The van der Waals surface area contributed by atoms with Gasteiger partial charge in [0, 0.05) is 28.4 Å². The van der Waals surface area contributed by atoms with Crippen LogP contribution in [0.4, 0.5) is 8.78 Å². The summed E-state index contributed by atoms with van der Waals surface area (Å²) in [6.07, 6.45) is 8.52. The molecule has 1 fully saturated rings. The molecule has 0 amide bonds. The van der Waals surface area contributed by atoms with Crippen molar-refractivity contribution in [3.05, 3.63) is 81.2 Å². The van der Waals surface area contributed by atoms with Crippen LogP contribution in [0, 0.1) is 11.7 Å². The largest absolute Gasteiger partial charge is 0.332 e. The number of fused-ring (bicyclic) bond motifs is 1. The second-order valence-corrected chi connectivity index (χ2v) is 10.5. The third-order valence-electron chi connectivity index (χ3n) is 6.33. The van der Waals surface area contributed by atoms with Gasteiger partial charge in [0.05, 0.1) is 17.5 Å². The molecule has 0 radical (unpaired) electrons. The average molecular weight is 486 g/mol. The smallest absolute Gasteiger partial charge is 0.124 e. The Bertz CT molecular complexity index is 1140. The molecule has 4 aliphatic rings. The summed E-state index contributed by atoms with van der Waals surface area (Å²) in [6, 6.07) is 4.17. The van der Waals surface area contributed by atoms with E-state index in [1.54, 1.807) is 23.9 Å². The quantitative estimate of drug-likeness (QED) is 0.466. The van der Waals surface area contributed by atoms with Gasteiger partial charge in [-0.25, -0.2) is 8.78 Å². The number of allylic oxidation sites excluding steroid dienone is 4. The predicted octanol–water partition coefficient (Wildman–Crippen LogP) is 6.84. The molecule has 0 saturated carbocycles. The molecular formula is C26H26ClF2N3S. The fourth-order valence-electron chi connectivity index (χ4n) is 4.93. The zero-order chi connectivity index (χ0) is 23.1. The first-order chi connectivity index (χ1) is 15.9. The molecule has 0 aromatic heterocycles. The molecule has 1 saturated heterocycles. The molecular weight excluding hydrogens is 460 g/mol. The first-order valence-corrected chi connectivity index (χ1v) is 12.6. The van der Waals surface area contributed by atoms with Gasteiger partial charge in [-0.1, -0.05) is 36.7 Å². The molecule has 4 heterocycles. The van der Waals surface area contributed by atoms with Gasteiger partial charge in [-0.05, 0) is 60.9 Å². The zero-order valence-electron chi connectivity index (χ0n) is 18.6. The van der Waals surface area contributed by atoms with Crippen LogP contribution in [0.25, 0.3) is 0 Å². The number of halogens is 3. The lowest BCUT2D eigenvalue weighted by Gasteiger charge is -2.36. The maximum absolute atomic E-state index is 13.9. The topological polar surface area (TPSA) is 28.0 Å². The van der Waals surface area contributed by atoms with Gasteiger partial charge in [0.1, 0.15) is 23.9 Å². The zero-order valence-corrected chi connectivity index (χ0v) is 20.2. The van der Waals surface area contributed by atoms with Crippen molar-refractivity contribution in [3.8, 4) is 0 Å². The molecule has 1 aromatic rings. The Hall–Kier alpha value is -2.18. The van der Waals surface area contributed by atoms with Crippen LogP contribution in [0.15, 0.2) is 74.7 Å². The summed E-state index contributed by atoms with van der Waals surface area (Å²) in [7, 11) is 0. The molecule has 4 atom stereocenters. The minimum atomic E-state index is -1.01. The highest BCUT2D eigenvalue weighted by molar-refractivity contribution is 8.03. The highest BCUT2D eigenvalue weighted by atomic mass is 35.5. The first kappa shape index (κ1) is 22.6. The number of alkyl halides is 1. The number of benzene rings is 1. The van der Waals surface area contributed by atoms with Crippen LogP contribution in [0.2, 0.25) is 5.02 Å². The fraction of sp³-hybridized carbons (Fsp3) is 0.385. The van der Waals surface area contributed by atoms with Crippen LogP contribution >= 0.6 is 23.4 Å². The van der Waals surface area contributed by atoms with E-state index in [1.165, 1.54) is 24.8 Å². The van der Waals surface area contributed by atoms with E-state index in [0.29, 0.717) is 17.5 Å². The summed E-state index contributed by atoms with van der Waals surface area (Å²) in [5.41, 5.74) is 4.73. The maximum atomic E-state index is 13.9. The summed E-state index contributed by atoms with van der Waals surface area (Å²) < 4.78 is 27.3. The summed E-state index contributed by atoms with van der Waals surface area (Å²) in [5, 5.41) is 2.77. The van der Waals surface area contributed by atoms with Crippen LogP contribution in [0.5, 0.6) is 0 Å². The van der Waals surface area contributed by atoms with Gasteiger partial charge in [-0.2, -0.15) is 0 Å². The van der Waals surface area contributed by atoms with E-state index in [1.807, 2.05) is 12.2 Å². The van der Waals surface area contributed by atoms with Crippen LogP contribution in [0.1, 0.15) is 38.3 Å². The van der Waals surface area contributed by atoms with Crippen molar-refractivity contribution in [2.24, 2.45) is 15.9 Å². The van der Waals surface area contributed by atoms with E-state index in [4.69, 9.17) is 21.6 Å². The third-order valence-corrected chi connectivity index (χ3v) is 7.73. The molecule has 2 unspecified atom stereocenters. The molecule has 5 rings (SSSR count). The molecule has 0 aliphatic carbocycles. The summed E-state index contributed by atoms with van der Waals surface area (Å²) >= 11 is 8.34. The van der Waals surface area contributed by atoms with Crippen LogP contribution < -0.4 is 0 Å². The van der Waals surface area contributed by atoms with Crippen molar-refractivity contribution < 1.29 is 8.78 Å².